The second-order valence-electron chi connectivity index (χ2n) is 5.08. The van der Waals surface area contributed by atoms with Gasteiger partial charge in [-0.2, -0.15) is 5.10 Å². The SMILES string of the molecule is CCCNC(CSc1ccccc1Br)Cc1ccn(C)n1. The largest absolute Gasteiger partial charge is 0.313 e. The molecule has 0 aliphatic heterocycles. The number of nitrogens with zero attached hydrogens (tertiary/aromatic N) is 2. The van der Waals surface area contributed by atoms with E-state index >= 15 is 0 Å². The maximum atomic E-state index is 4.49. The highest BCUT2D eigenvalue weighted by molar-refractivity contribution is 9.10. The highest BCUT2D eigenvalue weighted by atomic mass is 79.9. The molecule has 0 fully saturated rings. The van der Waals surface area contributed by atoms with Crippen molar-refractivity contribution in [3.8, 4) is 0 Å². The molecule has 1 heterocycles. The van der Waals surface area contributed by atoms with Crippen molar-refractivity contribution < 1.29 is 0 Å². The molecule has 0 aliphatic rings. The molecule has 0 aliphatic carbocycles. The number of benzene rings is 1. The number of aryl methyl sites for hydroxylation is 1. The van der Waals surface area contributed by atoms with E-state index in [-0.39, 0.29) is 0 Å². The molecular formula is C16H22BrN3S. The van der Waals surface area contributed by atoms with Gasteiger partial charge >= 0.3 is 0 Å². The Morgan fingerprint density at radius 2 is 2.14 bits per heavy atom. The lowest BCUT2D eigenvalue weighted by Crippen LogP contribution is -2.34. The summed E-state index contributed by atoms with van der Waals surface area (Å²) in [5, 5.41) is 8.12. The van der Waals surface area contributed by atoms with Gasteiger partial charge in [0.15, 0.2) is 0 Å². The Kier molecular flexibility index (Phi) is 6.80. The zero-order valence-electron chi connectivity index (χ0n) is 12.6. The second kappa shape index (κ2) is 8.61. The highest BCUT2D eigenvalue weighted by Crippen LogP contribution is 2.27. The van der Waals surface area contributed by atoms with Crippen LogP contribution < -0.4 is 5.32 Å². The molecule has 1 N–H and O–H groups in total. The number of aromatic nitrogens is 2. The van der Waals surface area contributed by atoms with Gasteiger partial charge in [0.25, 0.3) is 0 Å². The van der Waals surface area contributed by atoms with Crippen molar-refractivity contribution in [3.05, 3.63) is 46.7 Å². The summed E-state index contributed by atoms with van der Waals surface area (Å²) in [5.41, 5.74) is 1.15. The van der Waals surface area contributed by atoms with Gasteiger partial charge in [-0.3, -0.25) is 4.68 Å². The molecule has 1 unspecified atom stereocenters. The third-order valence-electron chi connectivity index (χ3n) is 3.18. The van der Waals surface area contributed by atoms with Crippen molar-refractivity contribution in [2.45, 2.75) is 30.7 Å². The van der Waals surface area contributed by atoms with Crippen LogP contribution in [0.3, 0.4) is 0 Å². The van der Waals surface area contributed by atoms with Crippen LogP contribution in [-0.2, 0) is 13.5 Å². The smallest absolute Gasteiger partial charge is 0.0640 e. The third-order valence-corrected chi connectivity index (χ3v) is 5.37. The predicted octanol–water partition coefficient (Wildman–Crippen LogP) is 3.89. The molecular weight excluding hydrogens is 346 g/mol. The van der Waals surface area contributed by atoms with E-state index in [4.69, 9.17) is 0 Å². The number of nitrogens with one attached hydrogen (secondary N) is 1. The molecule has 2 aromatic rings. The molecule has 21 heavy (non-hydrogen) atoms. The van der Waals surface area contributed by atoms with Gasteiger partial charge in [0.05, 0.1) is 5.69 Å². The van der Waals surface area contributed by atoms with E-state index in [1.165, 1.54) is 9.37 Å². The predicted molar refractivity (Wildman–Crippen MR) is 93.9 cm³/mol. The van der Waals surface area contributed by atoms with E-state index < -0.39 is 0 Å². The normalized spacial score (nSPS) is 12.5. The van der Waals surface area contributed by atoms with Crippen molar-refractivity contribution in [2.75, 3.05) is 12.3 Å². The fourth-order valence-corrected chi connectivity index (χ4v) is 3.74. The van der Waals surface area contributed by atoms with Crippen molar-refractivity contribution >= 4 is 27.7 Å². The lowest BCUT2D eigenvalue weighted by Gasteiger charge is -2.17. The summed E-state index contributed by atoms with van der Waals surface area (Å²) in [6.07, 6.45) is 4.13. The van der Waals surface area contributed by atoms with E-state index in [9.17, 15) is 0 Å². The molecule has 0 radical (unpaired) electrons. The molecule has 114 valence electrons. The summed E-state index contributed by atoms with van der Waals surface area (Å²) >= 11 is 5.50. The molecule has 0 saturated carbocycles. The minimum atomic E-state index is 0.442. The number of hydrogen-bond donors (Lipinski definition) is 1. The molecule has 3 nitrogen and oxygen atoms in total. The average Bonchev–Trinajstić information content (AvgIpc) is 2.88. The molecule has 0 amide bonds. The number of hydrogen-bond acceptors (Lipinski definition) is 3. The maximum Gasteiger partial charge on any atom is 0.0640 e. The van der Waals surface area contributed by atoms with Crippen LogP contribution in [0.5, 0.6) is 0 Å². The maximum absolute atomic E-state index is 4.49. The first-order valence-electron chi connectivity index (χ1n) is 7.28. The number of rotatable bonds is 8. The van der Waals surface area contributed by atoms with Gasteiger partial charge in [0.1, 0.15) is 0 Å². The summed E-state index contributed by atoms with van der Waals surface area (Å²) in [6.45, 7) is 3.25. The monoisotopic (exact) mass is 367 g/mol. The summed E-state index contributed by atoms with van der Waals surface area (Å²) in [7, 11) is 1.97. The fourth-order valence-electron chi connectivity index (χ4n) is 2.12. The van der Waals surface area contributed by atoms with Crippen molar-refractivity contribution in [1.82, 2.24) is 15.1 Å². The van der Waals surface area contributed by atoms with E-state index in [0.29, 0.717) is 6.04 Å². The Labute approximate surface area is 139 Å². The Morgan fingerprint density at radius 3 is 2.81 bits per heavy atom. The summed E-state index contributed by atoms with van der Waals surface area (Å²) in [4.78, 5) is 1.29. The number of thioether (sulfide) groups is 1. The van der Waals surface area contributed by atoms with Gasteiger partial charge in [0, 0.05) is 40.8 Å². The lowest BCUT2D eigenvalue weighted by atomic mass is 10.2. The topological polar surface area (TPSA) is 29.9 Å². The molecule has 5 heteroatoms. The quantitative estimate of drug-likeness (QED) is 0.717. The molecule has 0 spiro atoms. The van der Waals surface area contributed by atoms with Crippen LogP contribution in [-0.4, -0.2) is 28.1 Å². The fraction of sp³-hybridized carbons (Fsp3) is 0.438. The van der Waals surface area contributed by atoms with Crippen molar-refractivity contribution in [3.63, 3.8) is 0 Å². The Morgan fingerprint density at radius 1 is 1.33 bits per heavy atom. The first-order valence-corrected chi connectivity index (χ1v) is 9.06. The van der Waals surface area contributed by atoms with Crippen LogP contribution in [0.15, 0.2) is 45.9 Å². The van der Waals surface area contributed by atoms with Crippen LogP contribution in [0.1, 0.15) is 19.0 Å². The zero-order chi connectivity index (χ0) is 15.1. The molecule has 1 aromatic heterocycles. The van der Waals surface area contributed by atoms with Crippen LogP contribution in [0.4, 0.5) is 0 Å². The van der Waals surface area contributed by atoms with E-state index in [1.807, 2.05) is 29.7 Å². The van der Waals surface area contributed by atoms with Gasteiger partial charge in [-0.25, -0.2) is 0 Å². The first kappa shape index (κ1) is 16.6. The van der Waals surface area contributed by atoms with Gasteiger partial charge in [0.2, 0.25) is 0 Å². The van der Waals surface area contributed by atoms with E-state index in [2.05, 4.69) is 63.6 Å². The summed E-state index contributed by atoms with van der Waals surface area (Å²) < 4.78 is 3.04. The van der Waals surface area contributed by atoms with Crippen LogP contribution in [0.25, 0.3) is 0 Å². The van der Waals surface area contributed by atoms with Crippen LogP contribution >= 0.6 is 27.7 Å². The van der Waals surface area contributed by atoms with E-state index in [1.54, 1.807) is 0 Å². The summed E-state index contributed by atoms with van der Waals surface area (Å²) in [5.74, 6) is 1.04. The van der Waals surface area contributed by atoms with Crippen LogP contribution in [0, 0.1) is 0 Å². The van der Waals surface area contributed by atoms with Gasteiger partial charge in [-0.1, -0.05) is 19.1 Å². The Hall–Kier alpha value is -0.780. The average molecular weight is 368 g/mol. The second-order valence-corrected chi connectivity index (χ2v) is 6.99. The Balaban J connectivity index is 1.94. The molecule has 0 saturated heterocycles. The highest BCUT2D eigenvalue weighted by Gasteiger charge is 2.12. The van der Waals surface area contributed by atoms with Crippen LogP contribution in [0.2, 0.25) is 0 Å². The third kappa shape index (κ3) is 5.49. The minimum Gasteiger partial charge on any atom is -0.313 e. The Bertz CT molecular complexity index is 556. The van der Waals surface area contributed by atoms with Gasteiger partial charge in [-0.15, -0.1) is 11.8 Å². The van der Waals surface area contributed by atoms with E-state index in [0.717, 1.165) is 30.8 Å². The van der Waals surface area contributed by atoms with Crippen molar-refractivity contribution in [1.29, 1.82) is 0 Å². The van der Waals surface area contributed by atoms with Crippen molar-refractivity contribution in [2.24, 2.45) is 7.05 Å². The molecule has 1 atom stereocenters. The standard InChI is InChI=1S/C16H22BrN3S/c1-3-9-18-14(11-13-8-10-20(2)19-13)12-21-16-7-5-4-6-15(16)17/h4-8,10,14,18H,3,9,11-12H2,1-2H3. The lowest BCUT2D eigenvalue weighted by molar-refractivity contribution is 0.541. The number of halogens is 1. The molecule has 0 bridgehead atoms. The zero-order valence-corrected chi connectivity index (χ0v) is 15.0. The van der Waals surface area contributed by atoms with Gasteiger partial charge in [-0.05, 0) is 47.1 Å². The first-order chi connectivity index (χ1) is 10.2. The summed E-state index contributed by atoms with van der Waals surface area (Å²) in [6, 6.07) is 10.9. The van der Waals surface area contributed by atoms with Gasteiger partial charge < -0.3 is 5.32 Å². The molecule has 1 aromatic carbocycles. The minimum absolute atomic E-state index is 0.442. The molecule has 2 rings (SSSR count).